The van der Waals surface area contributed by atoms with Crippen LogP contribution in [-0.4, -0.2) is 29.0 Å². The van der Waals surface area contributed by atoms with Gasteiger partial charge in [-0.15, -0.1) is 4.28 Å². The highest BCUT2D eigenvalue weighted by Gasteiger charge is 2.32. The third-order valence-corrected chi connectivity index (χ3v) is 7.58. The Kier molecular flexibility index (Phi) is 8.01. The number of benzene rings is 3. The Morgan fingerprint density at radius 1 is 1.02 bits per heavy atom. The molecule has 2 amide bonds. The summed E-state index contributed by atoms with van der Waals surface area (Å²) in [6.07, 6.45) is -1.59. The van der Waals surface area contributed by atoms with Crippen LogP contribution in [0.25, 0.3) is 11.0 Å². The lowest BCUT2D eigenvalue weighted by Crippen LogP contribution is -2.37. The van der Waals surface area contributed by atoms with Gasteiger partial charge in [0.05, 0.1) is 26.7 Å². The minimum absolute atomic E-state index is 0.176. The predicted octanol–water partition coefficient (Wildman–Crippen LogP) is 7.10. The van der Waals surface area contributed by atoms with Gasteiger partial charge >= 0.3 is 22.3 Å². The van der Waals surface area contributed by atoms with Gasteiger partial charge in [-0.2, -0.15) is 31.6 Å². The summed E-state index contributed by atoms with van der Waals surface area (Å²) in [6, 6.07) is 13.8. The molecular weight excluding hydrogens is 611 g/mol. The highest BCUT2D eigenvalue weighted by atomic mass is 35.5. The maximum Gasteiger partial charge on any atom is 0.416 e. The van der Waals surface area contributed by atoms with Crippen molar-refractivity contribution < 1.29 is 35.4 Å². The molecule has 15 heteroatoms. The molecule has 0 fully saturated rings. The molecule has 0 aliphatic rings. The Hall–Kier alpha value is -4.66. The van der Waals surface area contributed by atoms with E-state index in [-0.39, 0.29) is 32.9 Å². The molecule has 0 spiro atoms. The molecule has 222 valence electrons. The van der Waals surface area contributed by atoms with E-state index in [1.54, 1.807) is 30.8 Å². The smallest absolute Gasteiger partial charge is 0.416 e. The Morgan fingerprint density at radius 3 is 2.47 bits per heavy atom. The molecular formula is C28H21ClF3N5O5S. The molecule has 0 saturated heterocycles. The normalized spacial score (nSPS) is 11.9. The van der Waals surface area contributed by atoms with E-state index in [4.69, 9.17) is 20.6 Å². The summed E-state index contributed by atoms with van der Waals surface area (Å²) >= 11 is 6.48. The molecule has 0 unspecified atom stereocenters. The molecule has 0 aliphatic heterocycles. The number of anilines is 2. The maximum atomic E-state index is 13.4. The van der Waals surface area contributed by atoms with E-state index < -0.39 is 27.9 Å². The molecule has 10 nitrogen and oxygen atoms in total. The van der Waals surface area contributed by atoms with E-state index in [2.05, 4.69) is 15.3 Å². The molecule has 0 bridgehead atoms. The number of aromatic nitrogens is 3. The third-order valence-electron chi connectivity index (χ3n) is 6.09. The van der Waals surface area contributed by atoms with Gasteiger partial charge in [-0.05, 0) is 55.5 Å². The number of halogens is 4. The summed E-state index contributed by atoms with van der Waals surface area (Å²) in [5.74, 6) is 0.383. The number of alkyl halides is 3. The lowest BCUT2D eigenvalue weighted by atomic mass is 10.2. The zero-order valence-electron chi connectivity index (χ0n) is 22.3. The summed E-state index contributed by atoms with van der Waals surface area (Å²) in [6.45, 7) is 1.75. The van der Waals surface area contributed by atoms with Gasteiger partial charge in [0.25, 0.3) is 0 Å². The zero-order valence-corrected chi connectivity index (χ0v) is 23.9. The third kappa shape index (κ3) is 6.56. The molecule has 1 N–H and O–H groups in total. The molecule has 0 aliphatic carbocycles. The van der Waals surface area contributed by atoms with Crippen LogP contribution in [-0.2, 0) is 27.6 Å². The Bertz CT molecular complexity index is 1930. The van der Waals surface area contributed by atoms with Gasteiger partial charge < -0.3 is 14.6 Å². The number of fused-ring (bicyclic) bond motifs is 1. The van der Waals surface area contributed by atoms with Crippen LogP contribution in [0.4, 0.5) is 29.3 Å². The quantitative estimate of drug-likeness (QED) is 0.191. The molecule has 3 aromatic carbocycles. The minimum Gasteiger partial charge on any atom is -0.437 e. The van der Waals surface area contributed by atoms with Crippen molar-refractivity contribution in [2.24, 2.45) is 7.05 Å². The Morgan fingerprint density at radius 2 is 1.77 bits per heavy atom. The van der Waals surface area contributed by atoms with E-state index in [1.165, 1.54) is 54.9 Å². The monoisotopic (exact) mass is 631 g/mol. The largest absolute Gasteiger partial charge is 0.437 e. The summed E-state index contributed by atoms with van der Waals surface area (Å²) in [4.78, 5) is 21.4. The van der Waals surface area contributed by atoms with Crippen molar-refractivity contribution in [3.05, 3.63) is 101 Å². The van der Waals surface area contributed by atoms with Crippen molar-refractivity contribution in [2.75, 3.05) is 10.4 Å². The number of rotatable bonds is 7. The average Bonchev–Trinajstić information content (AvgIpc) is 3.33. The summed E-state index contributed by atoms with van der Waals surface area (Å²) in [5.41, 5.74) is 0.447. The van der Waals surface area contributed by atoms with Crippen LogP contribution in [0.2, 0.25) is 5.02 Å². The Balaban J connectivity index is 1.49. The summed E-state index contributed by atoms with van der Waals surface area (Å²) in [7, 11) is -2.84. The van der Waals surface area contributed by atoms with Crippen LogP contribution in [0.15, 0.2) is 90.2 Å². The number of carbonyl (C=O) groups is 1. The van der Waals surface area contributed by atoms with Crippen molar-refractivity contribution in [3.63, 3.8) is 0 Å². The first-order valence-electron chi connectivity index (χ1n) is 12.3. The van der Waals surface area contributed by atoms with Crippen molar-refractivity contribution in [3.8, 4) is 11.6 Å². The van der Waals surface area contributed by atoms with Crippen LogP contribution in [0.5, 0.6) is 11.6 Å². The van der Waals surface area contributed by atoms with Gasteiger partial charge in [-0.25, -0.2) is 9.78 Å². The van der Waals surface area contributed by atoms with Gasteiger partial charge in [-0.1, -0.05) is 35.4 Å². The number of hydrogen-bond acceptors (Lipinski definition) is 7. The maximum absolute atomic E-state index is 13.4. The number of hydrogen-bond donors (Lipinski definition) is 1. The van der Waals surface area contributed by atoms with E-state index in [0.717, 1.165) is 17.7 Å². The fourth-order valence-corrected chi connectivity index (χ4v) is 5.11. The molecule has 5 rings (SSSR count). The first kappa shape index (κ1) is 29.8. The number of amides is 2. The second-order valence-corrected chi connectivity index (χ2v) is 11.1. The van der Waals surface area contributed by atoms with Gasteiger partial charge in [0.2, 0.25) is 5.88 Å². The molecule has 2 heterocycles. The number of urea groups is 1. The number of hydroxylamine groups is 1. The van der Waals surface area contributed by atoms with Crippen molar-refractivity contribution in [1.82, 2.24) is 14.5 Å². The fourth-order valence-electron chi connectivity index (χ4n) is 3.96. The Labute approximate surface area is 248 Å². The van der Waals surface area contributed by atoms with Crippen LogP contribution < -0.4 is 15.1 Å². The molecule has 43 heavy (non-hydrogen) atoms. The molecule has 0 radical (unpaired) electrons. The van der Waals surface area contributed by atoms with Gasteiger partial charge in [-0.3, -0.25) is 0 Å². The minimum atomic E-state index is -4.68. The van der Waals surface area contributed by atoms with E-state index >= 15 is 0 Å². The summed E-state index contributed by atoms with van der Waals surface area (Å²) < 4.78 is 78.8. The standard InChI is InChI=1S/C28H21ClF3N5O5S/c1-17-6-9-21(10-7-17)43(39,40)42-37(27(38)35-19-5-3-4-18(14-19)28(30,31)32)24-11-8-20(15-22(24)29)41-26-25-23(33-16-34-26)12-13-36(25)2/h3-16H,1-2H3,(H,35,38). The lowest BCUT2D eigenvalue weighted by Gasteiger charge is -2.23. The first-order valence-corrected chi connectivity index (χ1v) is 14.1. The van der Waals surface area contributed by atoms with Crippen molar-refractivity contribution in [1.29, 1.82) is 0 Å². The topological polar surface area (TPSA) is 116 Å². The van der Waals surface area contributed by atoms with Gasteiger partial charge in [0.1, 0.15) is 17.6 Å². The van der Waals surface area contributed by atoms with Crippen LogP contribution in [0, 0.1) is 6.92 Å². The average molecular weight is 632 g/mol. The molecule has 5 aromatic rings. The number of ether oxygens (including phenoxy) is 1. The number of aryl methyl sites for hydroxylation is 2. The second kappa shape index (κ2) is 11.6. The predicted molar refractivity (Wildman–Crippen MR) is 152 cm³/mol. The van der Waals surface area contributed by atoms with Crippen molar-refractivity contribution >= 4 is 50.2 Å². The SMILES string of the molecule is Cc1ccc(S(=O)(=O)ON(C(=O)Nc2cccc(C(F)(F)F)c2)c2ccc(Oc3ncnc4ccn(C)c34)cc2Cl)cc1. The van der Waals surface area contributed by atoms with Gasteiger partial charge in [0, 0.05) is 25.0 Å². The highest BCUT2D eigenvalue weighted by molar-refractivity contribution is 7.86. The highest BCUT2D eigenvalue weighted by Crippen LogP contribution is 2.35. The lowest BCUT2D eigenvalue weighted by molar-refractivity contribution is -0.137. The zero-order chi connectivity index (χ0) is 30.9. The fraction of sp³-hybridized carbons (Fsp3) is 0.107. The van der Waals surface area contributed by atoms with Crippen LogP contribution in [0.3, 0.4) is 0 Å². The van der Waals surface area contributed by atoms with Gasteiger partial charge in [0.15, 0.2) is 0 Å². The number of nitrogens with one attached hydrogen (secondary N) is 1. The molecule has 0 saturated carbocycles. The number of nitrogens with zero attached hydrogens (tertiary/aromatic N) is 4. The summed E-state index contributed by atoms with van der Waals surface area (Å²) in [5, 5.41) is 2.38. The molecule has 0 atom stereocenters. The number of carbonyl (C=O) groups excluding carboxylic acids is 1. The van der Waals surface area contributed by atoms with E-state index in [9.17, 15) is 26.4 Å². The second-order valence-electron chi connectivity index (χ2n) is 9.20. The van der Waals surface area contributed by atoms with E-state index in [0.29, 0.717) is 22.2 Å². The van der Waals surface area contributed by atoms with Crippen LogP contribution >= 0.6 is 11.6 Å². The first-order chi connectivity index (χ1) is 20.3. The van der Waals surface area contributed by atoms with Crippen molar-refractivity contribution in [2.45, 2.75) is 18.0 Å². The van der Waals surface area contributed by atoms with Crippen LogP contribution in [0.1, 0.15) is 11.1 Å². The van der Waals surface area contributed by atoms with E-state index in [1.807, 2.05) is 0 Å². The molecule has 2 aromatic heterocycles.